The molecule has 1 aromatic rings. The molecule has 1 fully saturated rings. The Morgan fingerprint density at radius 3 is 2.67 bits per heavy atom. The average Bonchev–Trinajstić information content (AvgIpc) is 2.64. The summed E-state index contributed by atoms with van der Waals surface area (Å²) in [5.74, 6) is -1.84. The second-order valence-corrected chi connectivity index (χ2v) is 5.10. The second kappa shape index (κ2) is 5.70. The summed E-state index contributed by atoms with van der Waals surface area (Å²) in [5, 5.41) is 29.6. The molecule has 1 saturated heterocycles. The highest BCUT2D eigenvalue weighted by Gasteiger charge is 2.56. The van der Waals surface area contributed by atoms with Gasteiger partial charge >= 0.3 is 5.69 Å². The van der Waals surface area contributed by atoms with E-state index < -0.39 is 48.2 Å². The molecule has 1 aromatic heterocycles. The van der Waals surface area contributed by atoms with Gasteiger partial charge in [0.1, 0.15) is 18.8 Å². The third-order valence-corrected chi connectivity index (χ3v) is 3.17. The molecule has 1 aliphatic rings. The van der Waals surface area contributed by atoms with Crippen molar-refractivity contribution in [3.05, 3.63) is 33.1 Å². The highest BCUT2D eigenvalue weighted by Crippen LogP contribution is 2.37. The molecule has 4 atom stereocenters. The van der Waals surface area contributed by atoms with E-state index >= 15 is 0 Å². The van der Waals surface area contributed by atoms with Crippen LogP contribution in [0.2, 0.25) is 0 Å². The molecule has 0 aromatic carbocycles. The summed E-state index contributed by atoms with van der Waals surface area (Å²) < 4.78 is 11.7. The van der Waals surface area contributed by atoms with Crippen molar-refractivity contribution >= 4 is 0 Å². The van der Waals surface area contributed by atoms with Crippen LogP contribution >= 0.6 is 0 Å². The third-order valence-electron chi connectivity index (χ3n) is 3.17. The lowest BCUT2D eigenvalue weighted by atomic mass is 10.1. The van der Waals surface area contributed by atoms with E-state index in [2.05, 4.69) is 0 Å². The molecular formula is C12H18N2O7. The van der Waals surface area contributed by atoms with E-state index in [4.69, 9.17) is 9.47 Å². The van der Waals surface area contributed by atoms with Gasteiger partial charge in [-0.25, -0.2) is 4.79 Å². The SMILES string of the molecule is CC(C)OC1(CO)OC(n2ccc(=O)[nH]c2=O)C(O)C1O. The van der Waals surface area contributed by atoms with Crippen molar-refractivity contribution in [3.63, 3.8) is 0 Å². The standard InChI is InChI=1S/C12H18N2O7/c1-6(2)20-12(5-15)9(18)8(17)10(21-12)14-4-3-7(16)13-11(14)19/h3-4,6,8-10,15,17-18H,5H2,1-2H3,(H,13,16,19). The van der Waals surface area contributed by atoms with Crippen LogP contribution in [-0.2, 0) is 9.47 Å². The molecule has 0 aliphatic carbocycles. The summed E-state index contributed by atoms with van der Waals surface area (Å²) in [6.45, 7) is 2.62. The number of hydrogen-bond acceptors (Lipinski definition) is 7. The molecule has 118 valence electrons. The number of aromatic amines is 1. The topological polar surface area (TPSA) is 134 Å². The molecule has 9 heteroatoms. The Morgan fingerprint density at radius 1 is 1.48 bits per heavy atom. The first-order valence-electron chi connectivity index (χ1n) is 6.45. The summed E-state index contributed by atoms with van der Waals surface area (Å²) in [7, 11) is 0. The first kappa shape index (κ1) is 15.9. The van der Waals surface area contributed by atoms with Crippen LogP contribution in [0.1, 0.15) is 20.1 Å². The Bertz CT molecular complexity index is 610. The van der Waals surface area contributed by atoms with Crippen LogP contribution in [0, 0.1) is 0 Å². The van der Waals surface area contributed by atoms with Gasteiger partial charge in [0.15, 0.2) is 6.23 Å². The first-order chi connectivity index (χ1) is 9.80. The van der Waals surface area contributed by atoms with Crippen LogP contribution in [0.25, 0.3) is 0 Å². The zero-order chi connectivity index (χ0) is 15.8. The van der Waals surface area contributed by atoms with Crippen LogP contribution in [0.5, 0.6) is 0 Å². The van der Waals surface area contributed by atoms with E-state index in [1.807, 2.05) is 4.98 Å². The fraction of sp³-hybridized carbons (Fsp3) is 0.667. The van der Waals surface area contributed by atoms with Gasteiger partial charge in [0.05, 0.1) is 6.10 Å². The van der Waals surface area contributed by atoms with Gasteiger partial charge in [0.25, 0.3) is 5.56 Å². The molecule has 4 N–H and O–H groups in total. The molecule has 0 spiro atoms. The molecule has 0 bridgehead atoms. The number of aliphatic hydroxyl groups excluding tert-OH is 3. The van der Waals surface area contributed by atoms with Crippen LogP contribution in [0.3, 0.4) is 0 Å². The van der Waals surface area contributed by atoms with Crippen molar-refractivity contribution in [2.75, 3.05) is 6.61 Å². The molecule has 2 rings (SSSR count). The van der Waals surface area contributed by atoms with Crippen molar-refractivity contribution in [2.45, 2.75) is 44.2 Å². The number of ether oxygens (including phenoxy) is 2. The largest absolute Gasteiger partial charge is 0.391 e. The zero-order valence-electron chi connectivity index (χ0n) is 11.6. The highest BCUT2D eigenvalue weighted by molar-refractivity contribution is 4.97. The summed E-state index contributed by atoms with van der Waals surface area (Å²) in [6.07, 6.45) is -3.64. The summed E-state index contributed by atoms with van der Waals surface area (Å²) in [4.78, 5) is 24.8. The maximum Gasteiger partial charge on any atom is 0.330 e. The van der Waals surface area contributed by atoms with Gasteiger partial charge < -0.3 is 24.8 Å². The lowest BCUT2D eigenvalue weighted by Crippen LogP contribution is -2.50. The van der Waals surface area contributed by atoms with Crippen molar-refractivity contribution in [2.24, 2.45) is 0 Å². The maximum atomic E-state index is 11.7. The van der Waals surface area contributed by atoms with Crippen molar-refractivity contribution < 1.29 is 24.8 Å². The number of hydrogen-bond donors (Lipinski definition) is 4. The van der Waals surface area contributed by atoms with E-state index in [-0.39, 0.29) is 0 Å². The minimum Gasteiger partial charge on any atom is -0.391 e. The van der Waals surface area contributed by atoms with E-state index in [0.717, 1.165) is 16.8 Å². The Morgan fingerprint density at radius 2 is 2.14 bits per heavy atom. The molecule has 21 heavy (non-hydrogen) atoms. The fourth-order valence-corrected chi connectivity index (χ4v) is 2.27. The third kappa shape index (κ3) is 2.78. The molecule has 2 heterocycles. The van der Waals surface area contributed by atoms with Gasteiger partial charge in [-0.1, -0.05) is 0 Å². The van der Waals surface area contributed by atoms with Gasteiger partial charge in [-0.3, -0.25) is 14.3 Å². The Labute approximate surface area is 119 Å². The van der Waals surface area contributed by atoms with Crippen LogP contribution in [-0.4, -0.2) is 55.6 Å². The molecule has 1 aliphatic heterocycles. The van der Waals surface area contributed by atoms with Crippen molar-refractivity contribution in [3.8, 4) is 0 Å². The zero-order valence-corrected chi connectivity index (χ0v) is 11.6. The lowest BCUT2D eigenvalue weighted by Gasteiger charge is -2.31. The van der Waals surface area contributed by atoms with Gasteiger partial charge in [-0.15, -0.1) is 0 Å². The number of rotatable bonds is 4. The molecule has 0 radical (unpaired) electrons. The monoisotopic (exact) mass is 302 g/mol. The van der Waals surface area contributed by atoms with Crippen LogP contribution < -0.4 is 11.2 Å². The Balaban J connectivity index is 2.39. The maximum absolute atomic E-state index is 11.7. The van der Waals surface area contributed by atoms with E-state index in [1.54, 1.807) is 13.8 Å². The minimum atomic E-state index is -1.84. The average molecular weight is 302 g/mol. The molecular weight excluding hydrogens is 284 g/mol. The fourth-order valence-electron chi connectivity index (χ4n) is 2.27. The minimum absolute atomic E-state index is 0.398. The summed E-state index contributed by atoms with van der Waals surface area (Å²) in [5.41, 5.74) is -1.41. The van der Waals surface area contributed by atoms with E-state index in [1.165, 1.54) is 0 Å². The predicted molar refractivity (Wildman–Crippen MR) is 69.5 cm³/mol. The van der Waals surface area contributed by atoms with Gasteiger partial charge in [-0.2, -0.15) is 0 Å². The molecule has 4 unspecified atom stereocenters. The lowest BCUT2D eigenvalue weighted by molar-refractivity contribution is -0.294. The second-order valence-electron chi connectivity index (χ2n) is 5.10. The summed E-state index contributed by atoms with van der Waals surface area (Å²) in [6, 6.07) is 1.08. The van der Waals surface area contributed by atoms with E-state index in [9.17, 15) is 24.9 Å². The summed E-state index contributed by atoms with van der Waals surface area (Å²) >= 11 is 0. The van der Waals surface area contributed by atoms with Gasteiger partial charge in [0.2, 0.25) is 5.79 Å². The number of nitrogens with one attached hydrogen (secondary N) is 1. The first-order valence-corrected chi connectivity index (χ1v) is 6.45. The quantitative estimate of drug-likeness (QED) is 0.500. The number of aromatic nitrogens is 2. The van der Waals surface area contributed by atoms with Gasteiger partial charge in [0, 0.05) is 12.3 Å². The number of aliphatic hydroxyl groups is 3. The van der Waals surface area contributed by atoms with E-state index in [0.29, 0.717) is 0 Å². The predicted octanol–water partition coefficient (Wildman–Crippen LogP) is -2.10. The molecule has 9 nitrogen and oxygen atoms in total. The number of H-pyrrole nitrogens is 1. The van der Waals surface area contributed by atoms with Crippen molar-refractivity contribution in [1.29, 1.82) is 0 Å². The van der Waals surface area contributed by atoms with Gasteiger partial charge in [-0.05, 0) is 13.8 Å². The number of nitrogens with zero attached hydrogens (tertiary/aromatic N) is 1. The smallest absolute Gasteiger partial charge is 0.330 e. The van der Waals surface area contributed by atoms with Crippen LogP contribution in [0.4, 0.5) is 0 Å². The molecule has 0 saturated carbocycles. The van der Waals surface area contributed by atoms with Crippen molar-refractivity contribution in [1.82, 2.24) is 9.55 Å². The molecule has 0 amide bonds. The Hall–Kier alpha value is -1.52. The Kier molecular flexibility index (Phi) is 4.30. The highest BCUT2D eigenvalue weighted by atomic mass is 16.7. The van der Waals surface area contributed by atoms with Crippen LogP contribution in [0.15, 0.2) is 21.9 Å². The normalized spacial score (nSPS) is 32.8.